The van der Waals surface area contributed by atoms with E-state index in [4.69, 9.17) is 0 Å². The van der Waals surface area contributed by atoms with E-state index >= 15 is 0 Å². The second kappa shape index (κ2) is 8.23. The van der Waals surface area contributed by atoms with Crippen LogP contribution in [0.15, 0.2) is 5.83 Å². The third-order valence-electron chi connectivity index (χ3n) is 4.87. The van der Waals surface area contributed by atoms with Crippen LogP contribution in [0.1, 0.15) is 32.5 Å². The zero-order chi connectivity index (χ0) is 23.1. The van der Waals surface area contributed by atoms with Gasteiger partial charge in [-0.15, -0.1) is 0 Å². The van der Waals surface area contributed by atoms with Gasteiger partial charge >= 0.3 is 12.4 Å². The Balaban J connectivity index is 2.50. The lowest BCUT2D eigenvalue weighted by molar-refractivity contribution is -0.139. The minimum atomic E-state index is -4.69. The summed E-state index contributed by atoms with van der Waals surface area (Å²) in [4.78, 5) is 11.1. The van der Waals surface area contributed by atoms with Gasteiger partial charge < -0.3 is 15.7 Å². The number of rotatable bonds is 5. The molecule has 0 bridgehead atoms. The fourth-order valence-electron chi connectivity index (χ4n) is 2.62. The molecule has 0 spiro atoms. The van der Waals surface area contributed by atoms with Crippen molar-refractivity contribution in [3.8, 4) is 0 Å². The van der Waals surface area contributed by atoms with Crippen LogP contribution in [-0.4, -0.2) is 66.3 Å². The van der Waals surface area contributed by atoms with Crippen molar-refractivity contribution in [3.63, 3.8) is 0 Å². The van der Waals surface area contributed by atoms with Crippen LogP contribution in [-0.2, 0) is 0 Å². The van der Waals surface area contributed by atoms with Gasteiger partial charge in [-0.25, -0.2) is 4.39 Å². The smallest absolute Gasteiger partial charge is 0.387 e. The Labute approximate surface area is 169 Å². The summed E-state index contributed by atoms with van der Waals surface area (Å²) in [7, 11) is 3.24. The largest absolute Gasteiger partial charge is 0.408 e. The summed E-state index contributed by atoms with van der Waals surface area (Å²) in [6.45, 7) is 1.53. The minimum absolute atomic E-state index is 0.0302. The van der Waals surface area contributed by atoms with E-state index < -0.39 is 59.3 Å². The Bertz CT molecular complexity index is 775. The van der Waals surface area contributed by atoms with Crippen LogP contribution in [0, 0.1) is 0 Å². The fraction of sp³-hybridized carbons (Fsp3) is 0.667. The SMILES string of the molecule is BC1(B)CCC(c2nc(N[C@H](C)C(F)(F)F)nc(N[C@H](C)C(F)(F)F)n2)=C(F)C1O. The zero-order valence-electron chi connectivity index (χ0n) is 16.6. The van der Waals surface area contributed by atoms with Gasteiger partial charge in [0.15, 0.2) is 5.82 Å². The molecule has 2 rings (SSSR count). The third-order valence-corrected chi connectivity index (χ3v) is 4.87. The molecule has 0 saturated heterocycles. The summed E-state index contributed by atoms with van der Waals surface area (Å²) in [5.74, 6) is -2.80. The molecule has 0 fully saturated rings. The summed E-state index contributed by atoms with van der Waals surface area (Å²) in [5, 5.41) is 13.2. The molecule has 3 atom stereocenters. The van der Waals surface area contributed by atoms with Crippen molar-refractivity contribution in [3.05, 3.63) is 11.7 Å². The first-order valence-corrected chi connectivity index (χ1v) is 9.02. The van der Waals surface area contributed by atoms with Crippen molar-refractivity contribution >= 4 is 33.2 Å². The molecule has 0 aromatic carbocycles. The highest BCUT2D eigenvalue weighted by molar-refractivity contribution is 6.40. The normalized spacial score (nSPS) is 21.9. The third kappa shape index (κ3) is 5.55. The second-order valence-electron chi connectivity index (χ2n) is 7.84. The maximum absolute atomic E-state index is 14.7. The Kier molecular flexibility index (Phi) is 6.65. The second-order valence-corrected chi connectivity index (χ2v) is 7.84. The first-order chi connectivity index (χ1) is 13.5. The van der Waals surface area contributed by atoms with E-state index in [0.29, 0.717) is 6.42 Å². The molecule has 1 unspecified atom stereocenters. The first kappa shape index (κ1) is 24.2. The fourth-order valence-corrected chi connectivity index (χ4v) is 2.62. The van der Waals surface area contributed by atoms with E-state index in [1.807, 2.05) is 10.6 Å². The van der Waals surface area contributed by atoms with E-state index in [0.717, 1.165) is 13.8 Å². The van der Waals surface area contributed by atoms with Crippen molar-refractivity contribution in [1.82, 2.24) is 15.0 Å². The van der Waals surface area contributed by atoms with Crippen molar-refractivity contribution in [1.29, 1.82) is 0 Å². The monoisotopic (exact) mass is 441 g/mol. The van der Waals surface area contributed by atoms with Crippen molar-refractivity contribution in [2.45, 2.75) is 62.4 Å². The molecule has 1 aliphatic carbocycles. The number of aromatic nitrogens is 3. The molecule has 6 nitrogen and oxygen atoms in total. The Morgan fingerprint density at radius 2 is 1.40 bits per heavy atom. The number of hydrogen-bond acceptors (Lipinski definition) is 6. The van der Waals surface area contributed by atoms with Gasteiger partial charge in [0.1, 0.15) is 33.6 Å². The van der Waals surface area contributed by atoms with E-state index in [-0.39, 0.29) is 12.0 Å². The molecule has 0 radical (unpaired) electrons. The van der Waals surface area contributed by atoms with Gasteiger partial charge in [0, 0.05) is 5.57 Å². The molecule has 30 heavy (non-hydrogen) atoms. The van der Waals surface area contributed by atoms with E-state index in [9.17, 15) is 35.8 Å². The van der Waals surface area contributed by atoms with Crippen LogP contribution < -0.4 is 10.6 Å². The summed E-state index contributed by atoms with van der Waals surface area (Å²) in [6.07, 6.45) is -10.6. The maximum Gasteiger partial charge on any atom is 0.408 e. The number of allylic oxidation sites excluding steroid dienone is 1. The number of aliphatic hydroxyl groups is 1. The Morgan fingerprint density at radius 3 is 1.80 bits per heavy atom. The lowest BCUT2D eigenvalue weighted by atomic mass is 9.47. The number of hydrogen-bond donors (Lipinski definition) is 3. The number of alkyl halides is 6. The standard InChI is InChI=1S/C15H20B2F7N5O/c1-5(14(19,20)21)25-11-27-10(7-3-4-13(16,17)9(30)8(7)18)28-12(29-11)26-6(2)15(22,23)24/h5-6,9,30H,3-4,16-17H2,1-2H3,(H2,25,26,27,28,29)/t5-,6-,9?/m1/s1. The molecule has 0 amide bonds. The van der Waals surface area contributed by atoms with Gasteiger partial charge in [0.25, 0.3) is 0 Å². The predicted octanol–water partition coefficient (Wildman–Crippen LogP) is 1.81. The summed E-state index contributed by atoms with van der Waals surface area (Å²) in [6, 6.07) is -4.26. The van der Waals surface area contributed by atoms with Crippen molar-refractivity contribution < 1.29 is 35.8 Å². The molecule has 0 saturated carbocycles. The van der Waals surface area contributed by atoms with Crippen LogP contribution in [0.3, 0.4) is 0 Å². The minimum Gasteiger partial charge on any atom is -0.387 e. The van der Waals surface area contributed by atoms with E-state index in [1.165, 1.54) is 0 Å². The number of halogens is 7. The number of nitrogens with one attached hydrogen (secondary N) is 2. The zero-order valence-corrected chi connectivity index (χ0v) is 16.6. The van der Waals surface area contributed by atoms with Crippen LogP contribution in [0.5, 0.6) is 0 Å². The molecule has 0 aliphatic heterocycles. The van der Waals surface area contributed by atoms with Crippen molar-refractivity contribution in [2.24, 2.45) is 0 Å². The summed E-state index contributed by atoms with van der Waals surface area (Å²) in [5.41, 5.74) is -0.199. The number of aliphatic hydroxyl groups excluding tert-OH is 1. The average Bonchev–Trinajstić information content (AvgIpc) is 2.58. The molecule has 1 heterocycles. The van der Waals surface area contributed by atoms with Crippen molar-refractivity contribution in [2.75, 3.05) is 10.6 Å². The van der Waals surface area contributed by atoms with E-state index in [2.05, 4.69) is 15.0 Å². The van der Waals surface area contributed by atoms with Gasteiger partial charge in [0.05, 0.1) is 6.10 Å². The highest BCUT2D eigenvalue weighted by Crippen LogP contribution is 2.43. The van der Waals surface area contributed by atoms with E-state index in [1.54, 1.807) is 15.7 Å². The van der Waals surface area contributed by atoms with Gasteiger partial charge in [0.2, 0.25) is 11.9 Å². The summed E-state index contributed by atoms with van der Waals surface area (Å²) < 4.78 is 91.8. The van der Waals surface area contributed by atoms with Gasteiger partial charge in [-0.1, -0.05) is 11.6 Å². The molecule has 166 valence electrons. The van der Waals surface area contributed by atoms with Crippen LogP contribution in [0.4, 0.5) is 42.6 Å². The predicted molar refractivity (Wildman–Crippen MR) is 101 cm³/mol. The Morgan fingerprint density at radius 1 is 0.967 bits per heavy atom. The summed E-state index contributed by atoms with van der Waals surface area (Å²) >= 11 is 0. The van der Waals surface area contributed by atoms with Gasteiger partial charge in [-0.05, 0) is 20.3 Å². The van der Waals surface area contributed by atoms with Gasteiger partial charge in [-0.3, -0.25) is 0 Å². The van der Waals surface area contributed by atoms with Crippen LogP contribution in [0.25, 0.3) is 5.57 Å². The molecular formula is C15H20B2F7N5O. The lowest BCUT2D eigenvalue weighted by Gasteiger charge is -2.35. The molecule has 3 N–H and O–H groups in total. The molecule has 15 heteroatoms. The van der Waals surface area contributed by atoms with Gasteiger partial charge in [-0.2, -0.15) is 41.3 Å². The topological polar surface area (TPSA) is 83.0 Å². The number of anilines is 2. The van der Waals surface area contributed by atoms with Crippen LogP contribution >= 0.6 is 0 Å². The molecule has 1 aromatic rings. The molecular weight excluding hydrogens is 421 g/mol. The Hall–Kier alpha value is -2.05. The molecule has 1 aliphatic rings. The highest BCUT2D eigenvalue weighted by atomic mass is 19.4. The lowest BCUT2D eigenvalue weighted by Crippen LogP contribution is -2.36. The highest BCUT2D eigenvalue weighted by Gasteiger charge is 2.40. The first-order valence-electron chi connectivity index (χ1n) is 9.02. The quantitative estimate of drug-likeness (QED) is 0.478. The van der Waals surface area contributed by atoms with Crippen LogP contribution in [0.2, 0.25) is 5.21 Å². The molecule has 1 aromatic heterocycles. The number of nitrogens with zero attached hydrogens (tertiary/aromatic N) is 3. The maximum atomic E-state index is 14.7. The average molecular weight is 441 g/mol.